The lowest BCUT2D eigenvalue weighted by atomic mass is 10.1. The van der Waals surface area contributed by atoms with E-state index in [1.54, 1.807) is 0 Å². The molecule has 128 valence electrons. The molecule has 0 aliphatic heterocycles. The highest BCUT2D eigenvalue weighted by atomic mass is 31.1. The Hall–Kier alpha value is -1.89. The summed E-state index contributed by atoms with van der Waals surface area (Å²) in [7, 11) is -0.851. The van der Waals surface area contributed by atoms with Crippen molar-refractivity contribution >= 4 is 28.3 Å². The predicted molar refractivity (Wildman–Crippen MR) is 114 cm³/mol. The Morgan fingerprint density at radius 3 is 1.96 bits per heavy atom. The molecule has 3 aromatic carbocycles. The molecule has 0 heterocycles. The van der Waals surface area contributed by atoms with Crippen LogP contribution in [0.2, 0.25) is 6.04 Å². The van der Waals surface area contributed by atoms with E-state index in [1.807, 2.05) is 0 Å². The Morgan fingerprint density at radius 2 is 1.36 bits per heavy atom. The monoisotopic (exact) mass is 364 g/mol. The standard InChI is InChI=1S/C22H25OPSi/c1-18-10-9-15-22(19(18)2)23-25-17-16-24(20-11-5-3-6-12-20)21-13-7-4-8-14-21/h3-15H,16-17,25H2,1-2H3. The van der Waals surface area contributed by atoms with Crippen LogP contribution >= 0.6 is 7.92 Å². The minimum atomic E-state index is -0.561. The second kappa shape index (κ2) is 8.99. The molecule has 0 aromatic heterocycles. The van der Waals surface area contributed by atoms with Crippen molar-refractivity contribution in [1.82, 2.24) is 0 Å². The third-order valence-corrected chi connectivity index (χ3v) is 8.83. The highest BCUT2D eigenvalue weighted by molar-refractivity contribution is 7.73. The van der Waals surface area contributed by atoms with Crippen molar-refractivity contribution in [2.24, 2.45) is 0 Å². The highest BCUT2D eigenvalue weighted by Gasteiger charge is 2.13. The van der Waals surface area contributed by atoms with E-state index in [1.165, 1.54) is 33.9 Å². The molecule has 0 saturated heterocycles. The number of hydrogen-bond donors (Lipinski definition) is 0. The van der Waals surface area contributed by atoms with E-state index in [0.717, 1.165) is 5.75 Å². The van der Waals surface area contributed by atoms with Crippen molar-refractivity contribution in [2.45, 2.75) is 19.9 Å². The quantitative estimate of drug-likeness (QED) is 0.345. The Balaban J connectivity index is 1.64. The van der Waals surface area contributed by atoms with Crippen LogP contribution in [0.5, 0.6) is 5.75 Å². The highest BCUT2D eigenvalue weighted by Crippen LogP contribution is 2.34. The molecule has 0 spiro atoms. The summed E-state index contributed by atoms with van der Waals surface area (Å²) in [5.41, 5.74) is 2.59. The second-order valence-electron chi connectivity index (χ2n) is 6.22. The van der Waals surface area contributed by atoms with Crippen LogP contribution in [0.25, 0.3) is 0 Å². The molecule has 0 aliphatic carbocycles. The lowest BCUT2D eigenvalue weighted by molar-refractivity contribution is 0.588. The molecule has 1 nitrogen and oxygen atoms in total. The molecule has 0 unspecified atom stereocenters. The summed E-state index contributed by atoms with van der Waals surface area (Å²) in [6, 6.07) is 29.4. The van der Waals surface area contributed by atoms with Gasteiger partial charge in [0, 0.05) is 0 Å². The normalized spacial score (nSPS) is 11.3. The van der Waals surface area contributed by atoms with Crippen LogP contribution in [0.15, 0.2) is 78.9 Å². The zero-order valence-electron chi connectivity index (χ0n) is 15.0. The molecule has 0 N–H and O–H groups in total. The first-order chi connectivity index (χ1) is 12.3. The first-order valence-corrected chi connectivity index (χ1v) is 11.9. The van der Waals surface area contributed by atoms with Crippen molar-refractivity contribution in [3.8, 4) is 5.75 Å². The second-order valence-corrected chi connectivity index (χ2v) is 9.96. The predicted octanol–water partition coefficient (Wildman–Crippen LogP) is 4.32. The lowest BCUT2D eigenvalue weighted by Crippen LogP contribution is -2.15. The number of rotatable bonds is 7. The molecule has 0 fully saturated rings. The topological polar surface area (TPSA) is 9.23 Å². The summed E-state index contributed by atoms with van der Waals surface area (Å²) in [6.45, 7) is 4.30. The minimum Gasteiger partial charge on any atom is -0.549 e. The number of hydrogen-bond acceptors (Lipinski definition) is 1. The molecule has 0 amide bonds. The molecule has 0 bridgehead atoms. The fourth-order valence-electron chi connectivity index (χ4n) is 2.91. The fourth-order valence-corrected chi connectivity index (χ4v) is 7.25. The molecule has 3 aromatic rings. The van der Waals surface area contributed by atoms with Crippen molar-refractivity contribution in [3.05, 3.63) is 90.0 Å². The van der Waals surface area contributed by atoms with Crippen molar-refractivity contribution in [2.75, 3.05) is 6.16 Å². The zero-order chi connectivity index (χ0) is 17.5. The van der Waals surface area contributed by atoms with Gasteiger partial charge in [-0.25, -0.2) is 0 Å². The van der Waals surface area contributed by atoms with Crippen LogP contribution < -0.4 is 15.0 Å². The van der Waals surface area contributed by atoms with Gasteiger partial charge in [-0.15, -0.1) is 0 Å². The summed E-state index contributed by atoms with van der Waals surface area (Å²) in [4.78, 5) is 0. The van der Waals surface area contributed by atoms with E-state index in [9.17, 15) is 0 Å². The minimum absolute atomic E-state index is 0.291. The van der Waals surface area contributed by atoms with Gasteiger partial charge in [-0.3, -0.25) is 0 Å². The first kappa shape index (κ1) is 17.9. The van der Waals surface area contributed by atoms with Crippen molar-refractivity contribution in [1.29, 1.82) is 0 Å². The number of aryl methyl sites for hydroxylation is 1. The van der Waals surface area contributed by atoms with Crippen LogP contribution in [0.1, 0.15) is 11.1 Å². The van der Waals surface area contributed by atoms with Gasteiger partial charge in [-0.05, 0) is 61.8 Å². The summed E-state index contributed by atoms with van der Waals surface area (Å²) >= 11 is 0. The molecule has 0 atom stereocenters. The SMILES string of the molecule is Cc1cccc(O[SiH2]CCP(c2ccccc2)c2ccccc2)c1C. The van der Waals surface area contributed by atoms with E-state index < -0.39 is 9.76 Å². The smallest absolute Gasteiger partial charge is 0.219 e. The maximum atomic E-state index is 6.19. The Morgan fingerprint density at radius 1 is 0.760 bits per heavy atom. The maximum absolute atomic E-state index is 6.19. The van der Waals surface area contributed by atoms with Crippen LogP contribution in [0.4, 0.5) is 0 Å². The van der Waals surface area contributed by atoms with Gasteiger partial charge in [-0.1, -0.05) is 72.8 Å². The van der Waals surface area contributed by atoms with E-state index in [0.29, 0.717) is 0 Å². The lowest BCUT2D eigenvalue weighted by Gasteiger charge is -2.19. The van der Waals surface area contributed by atoms with Gasteiger partial charge in [0.25, 0.3) is 0 Å². The third kappa shape index (κ3) is 4.81. The summed E-state index contributed by atoms with van der Waals surface area (Å²) in [5, 5.41) is 2.92. The first-order valence-electron chi connectivity index (χ1n) is 8.82. The van der Waals surface area contributed by atoms with Gasteiger partial charge in [0.2, 0.25) is 9.76 Å². The van der Waals surface area contributed by atoms with Crippen molar-refractivity contribution < 1.29 is 4.43 Å². The van der Waals surface area contributed by atoms with Crippen LogP contribution in [-0.4, -0.2) is 15.9 Å². The Bertz CT molecular complexity index is 750. The summed E-state index contributed by atoms with van der Waals surface area (Å²) in [6.07, 6.45) is 1.21. The Kier molecular flexibility index (Phi) is 6.44. The summed E-state index contributed by atoms with van der Waals surface area (Å²) < 4.78 is 6.19. The number of benzene rings is 3. The summed E-state index contributed by atoms with van der Waals surface area (Å²) in [5.74, 6) is 1.08. The molecular weight excluding hydrogens is 339 g/mol. The zero-order valence-corrected chi connectivity index (χ0v) is 17.3. The van der Waals surface area contributed by atoms with Gasteiger partial charge in [0.1, 0.15) is 5.75 Å². The van der Waals surface area contributed by atoms with Gasteiger partial charge in [-0.2, -0.15) is 0 Å². The molecule has 25 heavy (non-hydrogen) atoms. The van der Waals surface area contributed by atoms with E-state index in [4.69, 9.17) is 4.43 Å². The van der Waals surface area contributed by atoms with Crippen LogP contribution in [-0.2, 0) is 0 Å². The fraction of sp³-hybridized carbons (Fsp3) is 0.182. The molecule has 0 radical (unpaired) electrons. The van der Waals surface area contributed by atoms with Gasteiger partial charge < -0.3 is 4.43 Å². The maximum Gasteiger partial charge on any atom is 0.219 e. The van der Waals surface area contributed by atoms with Gasteiger partial charge >= 0.3 is 0 Å². The largest absolute Gasteiger partial charge is 0.549 e. The molecule has 0 saturated carbocycles. The van der Waals surface area contributed by atoms with E-state index in [2.05, 4.69) is 92.7 Å². The van der Waals surface area contributed by atoms with Gasteiger partial charge in [0.15, 0.2) is 0 Å². The van der Waals surface area contributed by atoms with Crippen LogP contribution in [0, 0.1) is 13.8 Å². The molecular formula is C22H25OPSi. The van der Waals surface area contributed by atoms with Gasteiger partial charge in [0.05, 0.1) is 0 Å². The van der Waals surface area contributed by atoms with Crippen LogP contribution in [0.3, 0.4) is 0 Å². The molecule has 3 heteroatoms. The van der Waals surface area contributed by atoms with E-state index >= 15 is 0 Å². The van der Waals surface area contributed by atoms with Crippen molar-refractivity contribution in [3.63, 3.8) is 0 Å². The Labute approximate surface area is 154 Å². The average molecular weight is 365 g/mol. The molecule has 0 aliphatic rings. The van der Waals surface area contributed by atoms with E-state index in [-0.39, 0.29) is 7.92 Å². The average Bonchev–Trinajstić information content (AvgIpc) is 2.66. The molecule has 3 rings (SSSR count). The third-order valence-electron chi connectivity index (χ3n) is 4.47.